The molecular weight excluding hydrogens is 142 g/mol. The van der Waals surface area contributed by atoms with Crippen LogP contribution in [-0.4, -0.2) is 30.5 Å². The highest BCUT2D eigenvalue weighted by Crippen LogP contribution is 2.23. The SMILES string of the molecule is CC(N)(CO)C1CCCOC1. The second-order valence-corrected chi connectivity index (χ2v) is 3.58. The van der Waals surface area contributed by atoms with Crippen molar-refractivity contribution in [3.05, 3.63) is 0 Å². The van der Waals surface area contributed by atoms with Crippen LogP contribution < -0.4 is 5.73 Å². The van der Waals surface area contributed by atoms with Gasteiger partial charge in [-0.3, -0.25) is 0 Å². The van der Waals surface area contributed by atoms with E-state index in [4.69, 9.17) is 15.6 Å². The molecule has 0 amide bonds. The smallest absolute Gasteiger partial charge is 0.0612 e. The third-order valence-corrected chi connectivity index (χ3v) is 2.43. The van der Waals surface area contributed by atoms with Crippen LogP contribution in [0.3, 0.4) is 0 Å². The fourth-order valence-corrected chi connectivity index (χ4v) is 1.39. The van der Waals surface area contributed by atoms with E-state index in [0.29, 0.717) is 12.5 Å². The largest absolute Gasteiger partial charge is 0.394 e. The Labute approximate surface area is 67.5 Å². The molecule has 1 saturated heterocycles. The summed E-state index contributed by atoms with van der Waals surface area (Å²) < 4.78 is 5.28. The zero-order chi connectivity index (χ0) is 8.32. The molecule has 1 aliphatic heterocycles. The van der Waals surface area contributed by atoms with Crippen LogP contribution in [0.15, 0.2) is 0 Å². The summed E-state index contributed by atoms with van der Waals surface area (Å²) in [5.41, 5.74) is 5.40. The average Bonchev–Trinajstić information content (AvgIpc) is 2.06. The van der Waals surface area contributed by atoms with Crippen LogP contribution in [0.25, 0.3) is 0 Å². The van der Waals surface area contributed by atoms with Gasteiger partial charge in [0.05, 0.1) is 13.2 Å². The topological polar surface area (TPSA) is 55.5 Å². The Hall–Kier alpha value is -0.120. The van der Waals surface area contributed by atoms with Crippen LogP contribution in [0.1, 0.15) is 19.8 Å². The number of hydrogen-bond acceptors (Lipinski definition) is 3. The Morgan fingerprint density at radius 3 is 2.91 bits per heavy atom. The Balaban J connectivity index is 2.43. The molecule has 1 rings (SSSR count). The van der Waals surface area contributed by atoms with E-state index in [1.165, 1.54) is 0 Å². The maximum atomic E-state index is 8.97. The fourth-order valence-electron chi connectivity index (χ4n) is 1.39. The van der Waals surface area contributed by atoms with Gasteiger partial charge in [-0.05, 0) is 19.8 Å². The van der Waals surface area contributed by atoms with Gasteiger partial charge in [0, 0.05) is 18.1 Å². The van der Waals surface area contributed by atoms with E-state index in [0.717, 1.165) is 19.4 Å². The summed E-state index contributed by atoms with van der Waals surface area (Å²) in [6.45, 7) is 3.47. The van der Waals surface area contributed by atoms with Gasteiger partial charge in [0.25, 0.3) is 0 Å². The van der Waals surface area contributed by atoms with E-state index >= 15 is 0 Å². The van der Waals surface area contributed by atoms with Crippen molar-refractivity contribution in [3.8, 4) is 0 Å². The lowest BCUT2D eigenvalue weighted by atomic mass is 9.83. The first-order chi connectivity index (χ1) is 5.17. The fraction of sp³-hybridized carbons (Fsp3) is 1.00. The lowest BCUT2D eigenvalue weighted by Crippen LogP contribution is -2.50. The molecule has 2 unspecified atom stereocenters. The molecule has 2 atom stereocenters. The van der Waals surface area contributed by atoms with Crippen molar-refractivity contribution in [3.63, 3.8) is 0 Å². The molecule has 0 bridgehead atoms. The van der Waals surface area contributed by atoms with Gasteiger partial charge in [-0.1, -0.05) is 0 Å². The Morgan fingerprint density at radius 1 is 1.73 bits per heavy atom. The van der Waals surface area contributed by atoms with Crippen LogP contribution in [0.4, 0.5) is 0 Å². The van der Waals surface area contributed by atoms with E-state index in [1.54, 1.807) is 0 Å². The molecule has 0 aromatic carbocycles. The van der Waals surface area contributed by atoms with Crippen molar-refractivity contribution in [2.45, 2.75) is 25.3 Å². The first kappa shape index (κ1) is 8.97. The molecule has 1 fully saturated rings. The number of rotatable bonds is 2. The van der Waals surface area contributed by atoms with Crippen molar-refractivity contribution in [1.82, 2.24) is 0 Å². The molecule has 1 heterocycles. The van der Waals surface area contributed by atoms with E-state index in [9.17, 15) is 0 Å². The summed E-state index contributed by atoms with van der Waals surface area (Å²) in [7, 11) is 0. The van der Waals surface area contributed by atoms with Crippen molar-refractivity contribution < 1.29 is 9.84 Å². The van der Waals surface area contributed by atoms with Crippen LogP contribution in [0, 0.1) is 5.92 Å². The minimum absolute atomic E-state index is 0.0427. The molecule has 1 aliphatic rings. The van der Waals surface area contributed by atoms with Crippen LogP contribution >= 0.6 is 0 Å². The lowest BCUT2D eigenvalue weighted by Gasteiger charge is -2.34. The van der Waals surface area contributed by atoms with Crippen molar-refractivity contribution in [2.75, 3.05) is 19.8 Å². The van der Waals surface area contributed by atoms with Gasteiger partial charge < -0.3 is 15.6 Å². The van der Waals surface area contributed by atoms with Gasteiger partial charge in [0.15, 0.2) is 0 Å². The molecule has 66 valence electrons. The molecule has 0 saturated carbocycles. The molecule has 11 heavy (non-hydrogen) atoms. The maximum absolute atomic E-state index is 8.97. The third-order valence-electron chi connectivity index (χ3n) is 2.43. The highest BCUT2D eigenvalue weighted by atomic mass is 16.5. The standard InChI is InChI=1S/C8H17NO2/c1-8(9,6-10)7-3-2-4-11-5-7/h7,10H,2-6,9H2,1H3. The van der Waals surface area contributed by atoms with Gasteiger partial charge in [-0.15, -0.1) is 0 Å². The molecular formula is C8H17NO2. The van der Waals surface area contributed by atoms with Gasteiger partial charge in [0.1, 0.15) is 0 Å². The summed E-state index contributed by atoms with van der Waals surface area (Å²) in [4.78, 5) is 0. The van der Waals surface area contributed by atoms with Gasteiger partial charge in [-0.25, -0.2) is 0 Å². The quantitative estimate of drug-likeness (QED) is 0.602. The summed E-state index contributed by atoms with van der Waals surface area (Å²) in [6, 6.07) is 0. The molecule has 3 heteroatoms. The zero-order valence-electron chi connectivity index (χ0n) is 7.05. The predicted molar refractivity (Wildman–Crippen MR) is 43.2 cm³/mol. The summed E-state index contributed by atoms with van der Waals surface area (Å²) >= 11 is 0. The Kier molecular flexibility index (Phi) is 2.87. The van der Waals surface area contributed by atoms with Crippen LogP contribution in [-0.2, 0) is 4.74 Å². The van der Waals surface area contributed by atoms with E-state index in [1.807, 2.05) is 6.92 Å². The Bertz CT molecular complexity index is 119. The van der Waals surface area contributed by atoms with Crippen LogP contribution in [0.2, 0.25) is 0 Å². The number of hydrogen-bond donors (Lipinski definition) is 2. The predicted octanol–water partition coefficient (Wildman–Crippen LogP) is 0.123. The molecule has 3 N–H and O–H groups in total. The minimum atomic E-state index is -0.458. The highest BCUT2D eigenvalue weighted by molar-refractivity contribution is 4.87. The van der Waals surface area contributed by atoms with E-state index < -0.39 is 5.54 Å². The number of ether oxygens (including phenoxy) is 1. The van der Waals surface area contributed by atoms with Gasteiger partial charge in [0.2, 0.25) is 0 Å². The second-order valence-electron chi connectivity index (χ2n) is 3.58. The monoisotopic (exact) mass is 159 g/mol. The van der Waals surface area contributed by atoms with Gasteiger partial charge >= 0.3 is 0 Å². The van der Waals surface area contributed by atoms with E-state index in [2.05, 4.69) is 0 Å². The van der Waals surface area contributed by atoms with Crippen molar-refractivity contribution in [1.29, 1.82) is 0 Å². The summed E-state index contributed by atoms with van der Waals surface area (Å²) in [5, 5.41) is 8.97. The first-order valence-electron chi connectivity index (χ1n) is 4.14. The van der Waals surface area contributed by atoms with Crippen molar-refractivity contribution >= 4 is 0 Å². The van der Waals surface area contributed by atoms with E-state index in [-0.39, 0.29) is 6.61 Å². The molecule has 0 spiro atoms. The third kappa shape index (κ3) is 2.15. The number of aliphatic hydroxyl groups is 1. The zero-order valence-corrected chi connectivity index (χ0v) is 7.05. The van der Waals surface area contributed by atoms with Gasteiger partial charge in [-0.2, -0.15) is 0 Å². The number of aliphatic hydroxyl groups excluding tert-OH is 1. The summed E-state index contributed by atoms with van der Waals surface area (Å²) in [6.07, 6.45) is 2.14. The van der Waals surface area contributed by atoms with Crippen LogP contribution in [0.5, 0.6) is 0 Å². The first-order valence-corrected chi connectivity index (χ1v) is 4.14. The average molecular weight is 159 g/mol. The molecule has 0 radical (unpaired) electrons. The normalized spacial score (nSPS) is 31.4. The second kappa shape index (κ2) is 3.52. The maximum Gasteiger partial charge on any atom is 0.0612 e. The minimum Gasteiger partial charge on any atom is -0.394 e. The Morgan fingerprint density at radius 2 is 2.45 bits per heavy atom. The molecule has 3 nitrogen and oxygen atoms in total. The van der Waals surface area contributed by atoms with Crippen molar-refractivity contribution in [2.24, 2.45) is 11.7 Å². The summed E-state index contributed by atoms with van der Waals surface area (Å²) in [5.74, 6) is 0.321. The number of nitrogens with two attached hydrogens (primary N) is 1. The lowest BCUT2D eigenvalue weighted by molar-refractivity contribution is 0.00985. The molecule has 0 aromatic rings. The molecule has 0 aliphatic carbocycles. The highest BCUT2D eigenvalue weighted by Gasteiger charge is 2.30. The molecule has 0 aromatic heterocycles.